The molecule has 1 atom stereocenters. The predicted molar refractivity (Wildman–Crippen MR) is 78.1 cm³/mol. The number of carbonyl (C=O) groups excluding carboxylic acids is 2. The van der Waals surface area contributed by atoms with Gasteiger partial charge in [0, 0.05) is 25.2 Å². The van der Waals surface area contributed by atoms with Crippen LogP contribution >= 0.6 is 11.3 Å². The first kappa shape index (κ1) is 14.5. The number of ketones is 1. The van der Waals surface area contributed by atoms with Crippen LogP contribution in [0, 0.1) is 0 Å². The lowest BCUT2D eigenvalue weighted by Gasteiger charge is -2.11. The highest BCUT2D eigenvalue weighted by Crippen LogP contribution is 2.12. The Morgan fingerprint density at radius 1 is 1.50 bits per heavy atom. The molecule has 2 aromatic heterocycles. The van der Waals surface area contributed by atoms with Crippen LogP contribution in [-0.2, 0) is 6.54 Å². The Morgan fingerprint density at radius 2 is 2.30 bits per heavy atom. The summed E-state index contributed by atoms with van der Waals surface area (Å²) in [4.78, 5) is 24.6. The molecule has 1 N–H and O–H groups in total. The molecule has 2 aromatic rings. The molecule has 2 heterocycles. The van der Waals surface area contributed by atoms with Gasteiger partial charge in [-0.3, -0.25) is 14.3 Å². The summed E-state index contributed by atoms with van der Waals surface area (Å²) in [6.07, 6.45) is 3.53. The monoisotopic (exact) mass is 291 g/mol. The molecule has 0 bridgehead atoms. The third-order valence-electron chi connectivity index (χ3n) is 2.88. The summed E-state index contributed by atoms with van der Waals surface area (Å²) in [5, 5.41) is 8.74. The smallest absolute Gasteiger partial charge is 0.254 e. The zero-order valence-corrected chi connectivity index (χ0v) is 12.3. The Balaban J connectivity index is 1.89. The van der Waals surface area contributed by atoms with Crippen LogP contribution < -0.4 is 5.32 Å². The molecule has 1 amide bonds. The van der Waals surface area contributed by atoms with Crippen LogP contribution in [0.2, 0.25) is 0 Å². The zero-order valence-electron chi connectivity index (χ0n) is 11.5. The first-order valence-corrected chi connectivity index (χ1v) is 7.38. The van der Waals surface area contributed by atoms with Gasteiger partial charge in [0.15, 0.2) is 5.78 Å². The van der Waals surface area contributed by atoms with Crippen LogP contribution in [0.15, 0.2) is 29.9 Å². The molecule has 5 nitrogen and oxygen atoms in total. The summed E-state index contributed by atoms with van der Waals surface area (Å²) in [7, 11) is 0. The summed E-state index contributed by atoms with van der Waals surface area (Å²) < 4.78 is 1.69. The van der Waals surface area contributed by atoms with Crippen molar-refractivity contribution in [3.05, 3.63) is 40.3 Å². The van der Waals surface area contributed by atoms with E-state index >= 15 is 0 Å². The number of hydrogen-bond acceptors (Lipinski definition) is 4. The SMILES string of the molecule is CCn1cc(C(=O)N[C@@H](C)CC(=O)c2cccs2)cn1. The lowest BCUT2D eigenvalue weighted by Crippen LogP contribution is -2.34. The molecule has 0 aliphatic carbocycles. The molecule has 0 saturated heterocycles. The molecule has 0 aliphatic heterocycles. The molecule has 106 valence electrons. The molecule has 0 spiro atoms. The molecule has 0 aliphatic rings. The van der Waals surface area contributed by atoms with E-state index in [4.69, 9.17) is 0 Å². The van der Waals surface area contributed by atoms with Crippen LogP contribution in [0.3, 0.4) is 0 Å². The van der Waals surface area contributed by atoms with Crippen LogP contribution in [0.25, 0.3) is 0 Å². The van der Waals surface area contributed by atoms with Crippen molar-refractivity contribution in [2.75, 3.05) is 0 Å². The number of nitrogens with one attached hydrogen (secondary N) is 1. The lowest BCUT2D eigenvalue weighted by atomic mass is 10.1. The van der Waals surface area contributed by atoms with E-state index in [0.29, 0.717) is 12.0 Å². The van der Waals surface area contributed by atoms with Crippen LogP contribution in [0.1, 0.15) is 40.3 Å². The van der Waals surface area contributed by atoms with Crippen molar-refractivity contribution >= 4 is 23.0 Å². The van der Waals surface area contributed by atoms with Crippen LogP contribution in [0.4, 0.5) is 0 Å². The minimum atomic E-state index is -0.206. The van der Waals surface area contributed by atoms with Gasteiger partial charge in [-0.2, -0.15) is 5.10 Å². The first-order chi connectivity index (χ1) is 9.60. The Bertz CT molecular complexity index is 589. The minimum absolute atomic E-state index is 0.0528. The molecular formula is C14H17N3O2S. The fourth-order valence-corrected chi connectivity index (χ4v) is 2.50. The zero-order chi connectivity index (χ0) is 14.5. The number of Topliss-reactive ketones (excluding diaryl/α,β-unsaturated/α-hetero) is 1. The molecule has 6 heteroatoms. The predicted octanol–water partition coefficient (Wildman–Crippen LogP) is 2.36. The number of amides is 1. The number of aromatic nitrogens is 2. The van der Waals surface area contributed by atoms with Crippen molar-refractivity contribution in [3.8, 4) is 0 Å². The standard InChI is InChI=1S/C14H17N3O2S/c1-3-17-9-11(8-15-17)14(19)16-10(2)7-12(18)13-5-4-6-20-13/h4-6,8-10H,3,7H2,1-2H3,(H,16,19)/t10-/m0/s1. The van der Waals surface area contributed by atoms with E-state index in [9.17, 15) is 9.59 Å². The topological polar surface area (TPSA) is 64.0 Å². The second kappa shape index (κ2) is 6.47. The fraction of sp³-hybridized carbons (Fsp3) is 0.357. The van der Waals surface area contributed by atoms with Crippen molar-refractivity contribution in [1.82, 2.24) is 15.1 Å². The number of rotatable bonds is 6. The maximum absolute atomic E-state index is 12.0. The van der Waals surface area contributed by atoms with E-state index in [1.807, 2.05) is 25.3 Å². The summed E-state index contributed by atoms with van der Waals surface area (Å²) in [5.41, 5.74) is 0.516. The van der Waals surface area contributed by atoms with Crippen LogP contribution in [-0.4, -0.2) is 27.5 Å². The van der Waals surface area contributed by atoms with Crippen molar-refractivity contribution in [2.24, 2.45) is 0 Å². The number of aryl methyl sites for hydroxylation is 1. The molecule has 20 heavy (non-hydrogen) atoms. The van der Waals surface area contributed by atoms with E-state index < -0.39 is 0 Å². The van der Waals surface area contributed by atoms with Gasteiger partial charge in [0.25, 0.3) is 5.91 Å². The molecule has 0 unspecified atom stereocenters. The number of carbonyl (C=O) groups is 2. The van der Waals surface area contributed by atoms with Gasteiger partial charge in [-0.1, -0.05) is 6.07 Å². The van der Waals surface area contributed by atoms with Crippen molar-refractivity contribution in [3.63, 3.8) is 0 Å². The average Bonchev–Trinajstić information content (AvgIpc) is 3.09. The second-order valence-electron chi connectivity index (χ2n) is 4.56. The van der Waals surface area contributed by atoms with Gasteiger partial charge >= 0.3 is 0 Å². The molecule has 0 aromatic carbocycles. The van der Waals surface area contributed by atoms with Crippen molar-refractivity contribution < 1.29 is 9.59 Å². The van der Waals surface area contributed by atoms with Gasteiger partial charge in [-0.15, -0.1) is 11.3 Å². The van der Waals surface area contributed by atoms with E-state index in [1.54, 1.807) is 16.9 Å². The average molecular weight is 291 g/mol. The van der Waals surface area contributed by atoms with Crippen molar-refractivity contribution in [2.45, 2.75) is 32.9 Å². The fourth-order valence-electron chi connectivity index (χ4n) is 1.83. The Morgan fingerprint density at radius 3 is 2.90 bits per heavy atom. The van der Waals surface area contributed by atoms with E-state index in [2.05, 4.69) is 10.4 Å². The lowest BCUT2D eigenvalue weighted by molar-refractivity contribution is 0.0919. The molecule has 0 fully saturated rings. The normalized spacial score (nSPS) is 12.1. The Kier molecular flexibility index (Phi) is 4.68. The molecule has 2 rings (SSSR count). The highest BCUT2D eigenvalue weighted by Gasteiger charge is 2.16. The van der Waals surface area contributed by atoms with Gasteiger partial charge in [-0.05, 0) is 25.3 Å². The second-order valence-corrected chi connectivity index (χ2v) is 5.51. The van der Waals surface area contributed by atoms with Gasteiger partial charge in [0.2, 0.25) is 0 Å². The number of nitrogens with zero attached hydrogens (tertiary/aromatic N) is 2. The summed E-state index contributed by atoms with van der Waals surface area (Å²) in [6.45, 7) is 4.50. The molecular weight excluding hydrogens is 274 g/mol. The highest BCUT2D eigenvalue weighted by atomic mass is 32.1. The van der Waals surface area contributed by atoms with Gasteiger partial charge in [-0.25, -0.2) is 0 Å². The Hall–Kier alpha value is -1.95. The minimum Gasteiger partial charge on any atom is -0.349 e. The summed E-state index contributed by atoms with van der Waals surface area (Å²) in [5.74, 6) is -0.145. The largest absolute Gasteiger partial charge is 0.349 e. The third kappa shape index (κ3) is 3.54. The maximum atomic E-state index is 12.0. The van der Waals surface area contributed by atoms with E-state index in [1.165, 1.54) is 17.5 Å². The van der Waals surface area contributed by atoms with Gasteiger partial charge in [0.05, 0.1) is 16.6 Å². The Labute approximate surface area is 121 Å². The molecule has 0 saturated carbocycles. The number of thiophene rings is 1. The third-order valence-corrected chi connectivity index (χ3v) is 3.80. The summed E-state index contributed by atoms with van der Waals surface area (Å²) in [6, 6.07) is 3.44. The van der Waals surface area contributed by atoms with Gasteiger partial charge in [0.1, 0.15) is 0 Å². The van der Waals surface area contributed by atoms with E-state index in [0.717, 1.165) is 11.4 Å². The number of hydrogen-bond donors (Lipinski definition) is 1. The van der Waals surface area contributed by atoms with Crippen molar-refractivity contribution in [1.29, 1.82) is 0 Å². The quantitative estimate of drug-likeness (QED) is 0.831. The molecule has 0 radical (unpaired) electrons. The highest BCUT2D eigenvalue weighted by molar-refractivity contribution is 7.12. The van der Waals surface area contributed by atoms with Crippen LogP contribution in [0.5, 0.6) is 0 Å². The summed E-state index contributed by atoms with van der Waals surface area (Å²) >= 11 is 1.42. The maximum Gasteiger partial charge on any atom is 0.254 e. The first-order valence-electron chi connectivity index (χ1n) is 6.50. The van der Waals surface area contributed by atoms with Gasteiger partial charge < -0.3 is 5.32 Å². The van der Waals surface area contributed by atoms with E-state index in [-0.39, 0.29) is 17.7 Å².